The smallest absolute Gasteiger partial charge is 0.325 e. The first-order valence-electron chi connectivity index (χ1n) is 7.19. The molecule has 2 aromatic rings. The summed E-state index contributed by atoms with van der Waals surface area (Å²) >= 11 is 0. The molecule has 0 aliphatic rings. The van der Waals surface area contributed by atoms with Crippen molar-refractivity contribution in [2.45, 2.75) is 11.1 Å². The summed E-state index contributed by atoms with van der Waals surface area (Å²) < 4.78 is 76.2. The number of anilines is 1. The van der Waals surface area contributed by atoms with Gasteiger partial charge < -0.3 is 5.32 Å². The predicted molar refractivity (Wildman–Crippen MR) is 86.3 cm³/mol. The summed E-state index contributed by atoms with van der Waals surface area (Å²) in [4.78, 5) is 11.7. The maximum atomic E-state index is 12.9. The largest absolute Gasteiger partial charge is 0.416 e. The van der Waals surface area contributed by atoms with E-state index in [1.807, 2.05) is 0 Å². The lowest BCUT2D eigenvalue weighted by molar-refractivity contribution is -0.137. The summed E-state index contributed by atoms with van der Waals surface area (Å²) in [6, 6.07) is 7.98. The van der Waals surface area contributed by atoms with E-state index in [0.29, 0.717) is 4.31 Å². The fraction of sp³-hybridized carbons (Fsp3) is 0.188. The van der Waals surface area contributed by atoms with E-state index in [1.54, 1.807) is 0 Å². The van der Waals surface area contributed by atoms with Crippen LogP contribution in [0.5, 0.6) is 0 Å². The first-order valence-corrected chi connectivity index (χ1v) is 8.63. The number of carbonyl (C=O) groups is 1. The van der Waals surface area contributed by atoms with Gasteiger partial charge in [-0.3, -0.25) is 4.79 Å². The Bertz CT molecular complexity index is 896. The van der Waals surface area contributed by atoms with Crippen molar-refractivity contribution in [3.8, 4) is 0 Å². The highest BCUT2D eigenvalue weighted by Gasteiger charge is 2.30. The minimum atomic E-state index is -4.57. The van der Waals surface area contributed by atoms with Gasteiger partial charge in [0.1, 0.15) is 5.82 Å². The van der Waals surface area contributed by atoms with Crippen LogP contribution in [0.4, 0.5) is 23.2 Å². The summed E-state index contributed by atoms with van der Waals surface area (Å²) in [5.74, 6) is -1.44. The molecule has 0 heterocycles. The SMILES string of the molecule is CN(CC(=O)Nc1cccc(C(F)(F)F)c1)S(=O)(=O)c1ccc(F)cc1. The maximum absolute atomic E-state index is 12.9. The normalized spacial score (nSPS) is 12.2. The summed E-state index contributed by atoms with van der Waals surface area (Å²) in [5.41, 5.74) is -1.06. The molecule has 0 saturated carbocycles. The fourth-order valence-corrected chi connectivity index (χ4v) is 3.17. The van der Waals surface area contributed by atoms with Gasteiger partial charge in [-0.15, -0.1) is 0 Å². The quantitative estimate of drug-likeness (QED) is 0.798. The van der Waals surface area contributed by atoms with Crippen LogP contribution in [0.2, 0.25) is 0 Å². The van der Waals surface area contributed by atoms with Gasteiger partial charge in [-0.05, 0) is 42.5 Å². The van der Waals surface area contributed by atoms with Crippen LogP contribution in [-0.4, -0.2) is 32.2 Å². The van der Waals surface area contributed by atoms with Gasteiger partial charge in [0.2, 0.25) is 15.9 Å². The number of sulfonamides is 1. The van der Waals surface area contributed by atoms with Crippen LogP contribution in [0.15, 0.2) is 53.4 Å². The Hall–Kier alpha value is -2.46. The minimum Gasteiger partial charge on any atom is -0.325 e. The second-order valence-electron chi connectivity index (χ2n) is 5.34. The molecular formula is C16H14F4N2O3S. The molecule has 0 unspecified atom stereocenters. The van der Waals surface area contributed by atoms with E-state index < -0.39 is 40.0 Å². The second-order valence-corrected chi connectivity index (χ2v) is 7.39. The fourth-order valence-electron chi connectivity index (χ4n) is 2.05. The van der Waals surface area contributed by atoms with Crippen LogP contribution in [-0.2, 0) is 21.0 Å². The molecule has 0 aliphatic heterocycles. The molecule has 2 rings (SSSR count). The van der Waals surface area contributed by atoms with E-state index >= 15 is 0 Å². The van der Waals surface area contributed by atoms with Gasteiger partial charge in [-0.1, -0.05) is 6.07 Å². The number of alkyl halides is 3. The average Bonchev–Trinajstić information content (AvgIpc) is 2.54. The van der Waals surface area contributed by atoms with Crippen LogP contribution in [0.1, 0.15) is 5.56 Å². The monoisotopic (exact) mass is 390 g/mol. The number of likely N-dealkylation sites (N-methyl/N-ethyl adjacent to an activating group) is 1. The van der Waals surface area contributed by atoms with Crippen molar-refractivity contribution >= 4 is 21.6 Å². The molecule has 1 N–H and O–H groups in total. The minimum absolute atomic E-state index is 0.114. The van der Waals surface area contributed by atoms with E-state index in [-0.39, 0.29) is 10.6 Å². The van der Waals surface area contributed by atoms with Crippen LogP contribution in [0.25, 0.3) is 0 Å². The number of amides is 1. The number of benzene rings is 2. The number of nitrogens with one attached hydrogen (secondary N) is 1. The molecule has 0 fully saturated rings. The maximum Gasteiger partial charge on any atom is 0.416 e. The van der Waals surface area contributed by atoms with E-state index in [9.17, 15) is 30.8 Å². The Morgan fingerprint density at radius 1 is 1.12 bits per heavy atom. The zero-order valence-corrected chi connectivity index (χ0v) is 14.2. The van der Waals surface area contributed by atoms with E-state index in [2.05, 4.69) is 5.32 Å². The van der Waals surface area contributed by atoms with Crippen molar-refractivity contribution in [3.05, 3.63) is 59.9 Å². The number of hydrogen-bond acceptors (Lipinski definition) is 3. The van der Waals surface area contributed by atoms with Gasteiger partial charge in [-0.2, -0.15) is 17.5 Å². The van der Waals surface area contributed by atoms with Crippen molar-refractivity contribution in [2.24, 2.45) is 0 Å². The Kier molecular flexibility index (Phi) is 5.67. The van der Waals surface area contributed by atoms with Crippen molar-refractivity contribution in [3.63, 3.8) is 0 Å². The molecule has 0 bridgehead atoms. The lowest BCUT2D eigenvalue weighted by atomic mass is 10.2. The van der Waals surface area contributed by atoms with Crippen LogP contribution < -0.4 is 5.32 Å². The summed E-state index contributed by atoms with van der Waals surface area (Å²) in [7, 11) is -2.92. The molecule has 26 heavy (non-hydrogen) atoms. The summed E-state index contributed by atoms with van der Waals surface area (Å²) in [5, 5.41) is 2.21. The van der Waals surface area contributed by atoms with Gasteiger partial charge in [0.05, 0.1) is 17.0 Å². The van der Waals surface area contributed by atoms with Crippen molar-refractivity contribution < 1.29 is 30.8 Å². The Morgan fingerprint density at radius 3 is 2.31 bits per heavy atom. The molecule has 0 spiro atoms. The molecule has 2 aromatic carbocycles. The van der Waals surface area contributed by atoms with Gasteiger partial charge in [0, 0.05) is 12.7 Å². The highest BCUT2D eigenvalue weighted by molar-refractivity contribution is 7.89. The zero-order valence-electron chi connectivity index (χ0n) is 13.4. The van der Waals surface area contributed by atoms with Crippen molar-refractivity contribution in [1.29, 1.82) is 0 Å². The lowest BCUT2D eigenvalue weighted by Gasteiger charge is -2.17. The van der Waals surface area contributed by atoms with Gasteiger partial charge in [0.25, 0.3) is 0 Å². The third-order valence-electron chi connectivity index (χ3n) is 3.36. The third kappa shape index (κ3) is 4.79. The molecular weight excluding hydrogens is 376 g/mol. The average molecular weight is 390 g/mol. The molecule has 10 heteroatoms. The van der Waals surface area contributed by atoms with Crippen LogP contribution >= 0.6 is 0 Å². The van der Waals surface area contributed by atoms with Crippen molar-refractivity contribution in [1.82, 2.24) is 4.31 Å². The zero-order chi connectivity index (χ0) is 19.5. The molecule has 5 nitrogen and oxygen atoms in total. The molecule has 0 atom stereocenters. The molecule has 1 amide bonds. The van der Waals surface area contributed by atoms with Crippen LogP contribution in [0.3, 0.4) is 0 Å². The Balaban J connectivity index is 2.09. The van der Waals surface area contributed by atoms with E-state index in [1.165, 1.54) is 6.07 Å². The van der Waals surface area contributed by atoms with Crippen LogP contribution in [0, 0.1) is 5.82 Å². The lowest BCUT2D eigenvalue weighted by Crippen LogP contribution is -2.35. The van der Waals surface area contributed by atoms with Gasteiger partial charge in [-0.25, -0.2) is 12.8 Å². The standard InChI is InChI=1S/C16H14F4N2O3S/c1-22(26(24,25)14-7-5-12(17)6-8-14)10-15(23)21-13-4-2-3-11(9-13)16(18,19)20/h2-9H,10H2,1H3,(H,21,23). The highest BCUT2D eigenvalue weighted by Crippen LogP contribution is 2.30. The molecule has 0 aliphatic carbocycles. The van der Waals surface area contributed by atoms with Crippen molar-refractivity contribution in [2.75, 3.05) is 18.9 Å². The van der Waals surface area contributed by atoms with Gasteiger partial charge >= 0.3 is 6.18 Å². The number of halogens is 4. The highest BCUT2D eigenvalue weighted by atomic mass is 32.2. The Labute approximate surface area is 147 Å². The first kappa shape index (κ1) is 19.9. The first-order chi connectivity index (χ1) is 12.0. The Morgan fingerprint density at radius 2 is 1.73 bits per heavy atom. The number of carbonyl (C=O) groups excluding carboxylic acids is 1. The molecule has 0 radical (unpaired) electrons. The molecule has 0 saturated heterocycles. The van der Waals surface area contributed by atoms with E-state index in [0.717, 1.165) is 49.5 Å². The molecule has 0 aromatic heterocycles. The molecule has 140 valence electrons. The third-order valence-corrected chi connectivity index (χ3v) is 5.18. The second kappa shape index (κ2) is 7.42. The predicted octanol–water partition coefficient (Wildman–Crippen LogP) is 3.10. The topological polar surface area (TPSA) is 66.5 Å². The summed E-state index contributed by atoms with van der Waals surface area (Å²) in [6.07, 6.45) is -4.57. The number of rotatable bonds is 5. The van der Waals surface area contributed by atoms with Gasteiger partial charge in [0.15, 0.2) is 0 Å². The van der Waals surface area contributed by atoms with E-state index in [4.69, 9.17) is 0 Å². The summed E-state index contributed by atoms with van der Waals surface area (Å²) in [6.45, 7) is -0.629. The number of nitrogens with zero attached hydrogens (tertiary/aromatic N) is 1. The number of hydrogen-bond donors (Lipinski definition) is 1.